The molecule has 0 aliphatic carbocycles. The van der Waals surface area contributed by atoms with Crippen LogP contribution in [0.4, 0.5) is 5.69 Å². The Morgan fingerprint density at radius 1 is 0.897 bits per heavy atom. The average molecular weight is 574 g/mol. The standard InChI is InChI=1S/C31H42Cl2N4O2/c1-22(2)16-30(38)37-13-5-12-35(23(3)4)14-15-36(21-25-8-11-28(33)17-29(25)37)31(39)26-19-34(20-26)18-24-6-9-27(32)10-7-24/h6-11,17,22-23,26H,5,12-16,18-21H2,1-4H3. The SMILES string of the molecule is CC(C)CC(=O)N1CCCN(C(C)C)CCN(C(=O)C2CN(Cc3ccc(Cl)cc3)C2)Cc2ccc(Cl)cc21. The third kappa shape index (κ3) is 7.97. The molecule has 1 fully saturated rings. The monoisotopic (exact) mass is 572 g/mol. The van der Waals surface area contributed by atoms with Crippen molar-refractivity contribution in [2.24, 2.45) is 11.8 Å². The van der Waals surface area contributed by atoms with Crippen molar-refractivity contribution in [3.8, 4) is 0 Å². The first-order valence-corrected chi connectivity index (χ1v) is 14.9. The summed E-state index contributed by atoms with van der Waals surface area (Å²) in [6, 6.07) is 14.0. The van der Waals surface area contributed by atoms with Crippen LogP contribution in [0.2, 0.25) is 10.0 Å². The molecule has 4 rings (SSSR count). The van der Waals surface area contributed by atoms with E-state index < -0.39 is 0 Å². The van der Waals surface area contributed by atoms with E-state index in [1.54, 1.807) is 0 Å². The molecular weight excluding hydrogens is 531 g/mol. The van der Waals surface area contributed by atoms with Gasteiger partial charge in [0.05, 0.1) is 11.6 Å². The maximum absolute atomic E-state index is 13.8. The molecule has 0 atom stereocenters. The number of hydrogen-bond donors (Lipinski definition) is 0. The van der Waals surface area contributed by atoms with E-state index in [9.17, 15) is 9.59 Å². The lowest BCUT2D eigenvalue weighted by Crippen LogP contribution is -2.54. The number of likely N-dealkylation sites (tertiary alicyclic amines) is 1. The summed E-state index contributed by atoms with van der Waals surface area (Å²) in [4.78, 5) is 35.9. The fraction of sp³-hybridized carbons (Fsp3) is 0.548. The first-order valence-electron chi connectivity index (χ1n) is 14.2. The number of amides is 2. The van der Waals surface area contributed by atoms with E-state index in [4.69, 9.17) is 23.2 Å². The van der Waals surface area contributed by atoms with Gasteiger partial charge in [-0.2, -0.15) is 0 Å². The topological polar surface area (TPSA) is 47.1 Å². The van der Waals surface area contributed by atoms with Crippen molar-refractivity contribution in [2.75, 3.05) is 44.2 Å². The van der Waals surface area contributed by atoms with Gasteiger partial charge in [-0.15, -0.1) is 0 Å². The number of benzene rings is 2. The van der Waals surface area contributed by atoms with E-state index in [0.717, 1.165) is 55.4 Å². The van der Waals surface area contributed by atoms with Crippen molar-refractivity contribution in [1.29, 1.82) is 0 Å². The molecule has 1 saturated heterocycles. The molecule has 2 aliphatic rings. The van der Waals surface area contributed by atoms with E-state index in [2.05, 4.69) is 37.5 Å². The first kappa shape index (κ1) is 29.9. The van der Waals surface area contributed by atoms with E-state index >= 15 is 0 Å². The first-order chi connectivity index (χ1) is 18.6. The molecule has 0 aromatic heterocycles. The molecule has 2 aromatic rings. The molecule has 2 aliphatic heterocycles. The van der Waals surface area contributed by atoms with Gasteiger partial charge in [-0.3, -0.25) is 19.4 Å². The van der Waals surface area contributed by atoms with Gasteiger partial charge in [-0.25, -0.2) is 0 Å². The highest BCUT2D eigenvalue weighted by atomic mass is 35.5. The van der Waals surface area contributed by atoms with Crippen LogP contribution in [0.25, 0.3) is 0 Å². The fourth-order valence-corrected chi connectivity index (χ4v) is 5.80. The Morgan fingerprint density at radius 3 is 2.26 bits per heavy atom. The molecular formula is C31H42Cl2N4O2. The lowest BCUT2D eigenvalue weighted by atomic mass is 9.97. The summed E-state index contributed by atoms with van der Waals surface area (Å²) in [5, 5.41) is 1.33. The van der Waals surface area contributed by atoms with Gasteiger partial charge in [0, 0.05) is 74.9 Å². The van der Waals surface area contributed by atoms with Crippen molar-refractivity contribution < 1.29 is 9.59 Å². The molecule has 0 bridgehead atoms. The number of carbonyl (C=O) groups is 2. The van der Waals surface area contributed by atoms with Gasteiger partial charge in [-0.05, 0) is 61.6 Å². The van der Waals surface area contributed by atoms with Crippen LogP contribution in [0.5, 0.6) is 0 Å². The number of anilines is 1. The summed E-state index contributed by atoms with van der Waals surface area (Å²) < 4.78 is 0. The molecule has 8 heteroatoms. The molecule has 0 saturated carbocycles. The van der Waals surface area contributed by atoms with Crippen molar-refractivity contribution in [2.45, 2.75) is 59.7 Å². The molecule has 212 valence electrons. The fourth-order valence-electron chi connectivity index (χ4n) is 5.50. The Balaban J connectivity index is 1.55. The Bertz CT molecular complexity index is 1130. The van der Waals surface area contributed by atoms with Crippen LogP contribution in [-0.2, 0) is 22.7 Å². The molecule has 2 heterocycles. The van der Waals surface area contributed by atoms with Crippen LogP contribution in [0.1, 0.15) is 51.7 Å². The van der Waals surface area contributed by atoms with Crippen LogP contribution in [0.15, 0.2) is 42.5 Å². The lowest BCUT2D eigenvalue weighted by Gasteiger charge is -2.41. The van der Waals surface area contributed by atoms with Crippen LogP contribution < -0.4 is 4.90 Å². The number of halogens is 2. The Morgan fingerprint density at radius 2 is 1.59 bits per heavy atom. The van der Waals surface area contributed by atoms with E-state index in [0.29, 0.717) is 37.1 Å². The van der Waals surface area contributed by atoms with Crippen LogP contribution >= 0.6 is 23.2 Å². The molecule has 0 N–H and O–H groups in total. The summed E-state index contributed by atoms with van der Waals surface area (Å²) in [5.41, 5.74) is 3.01. The van der Waals surface area contributed by atoms with Gasteiger partial charge in [0.2, 0.25) is 11.8 Å². The highest BCUT2D eigenvalue weighted by Crippen LogP contribution is 2.30. The minimum Gasteiger partial charge on any atom is -0.337 e. The normalized spacial score (nSPS) is 18.2. The summed E-state index contributed by atoms with van der Waals surface area (Å²) >= 11 is 12.5. The average Bonchev–Trinajstić information content (AvgIpc) is 2.89. The minimum atomic E-state index is -0.0237. The number of fused-ring (bicyclic) bond motifs is 1. The van der Waals surface area contributed by atoms with Gasteiger partial charge in [0.1, 0.15) is 0 Å². The summed E-state index contributed by atoms with van der Waals surface area (Å²) in [6.07, 6.45) is 1.35. The van der Waals surface area contributed by atoms with Crippen molar-refractivity contribution in [1.82, 2.24) is 14.7 Å². The maximum atomic E-state index is 13.8. The molecule has 0 spiro atoms. The van der Waals surface area contributed by atoms with Gasteiger partial charge in [0.15, 0.2) is 0 Å². The highest BCUT2D eigenvalue weighted by Gasteiger charge is 2.36. The van der Waals surface area contributed by atoms with Crippen molar-refractivity contribution in [3.63, 3.8) is 0 Å². The predicted molar refractivity (Wildman–Crippen MR) is 160 cm³/mol. The third-order valence-corrected chi connectivity index (χ3v) is 8.22. The van der Waals surface area contributed by atoms with Crippen molar-refractivity contribution in [3.05, 3.63) is 63.6 Å². The number of hydrogen-bond acceptors (Lipinski definition) is 4. The van der Waals surface area contributed by atoms with E-state index in [-0.39, 0.29) is 23.7 Å². The van der Waals surface area contributed by atoms with Crippen LogP contribution in [0.3, 0.4) is 0 Å². The quantitative estimate of drug-likeness (QED) is 0.429. The second-order valence-corrected chi connectivity index (χ2v) is 12.5. The zero-order chi connectivity index (χ0) is 28.1. The second-order valence-electron chi connectivity index (χ2n) is 11.7. The van der Waals surface area contributed by atoms with E-state index in [1.807, 2.05) is 52.3 Å². The summed E-state index contributed by atoms with van der Waals surface area (Å²) in [5.74, 6) is 0.534. The van der Waals surface area contributed by atoms with Gasteiger partial charge in [-0.1, -0.05) is 55.2 Å². The third-order valence-electron chi connectivity index (χ3n) is 7.74. The van der Waals surface area contributed by atoms with Crippen LogP contribution in [-0.4, -0.2) is 71.8 Å². The summed E-state index contributed by atoms with van der Waals surface area (Å²) in [6.45, 7) is 14.3. The second kappa shape index (κ2) is 13.5. The molecule has 0 radical (unpaired) electrons. The lowest BCUT2D eigenvalue weighted by molar-refractivity contribution is -0.142. The zero-order valence-electron chi connectivity index (χ0n) is 23.7. The van der Waals surface area contributed by atoms with Crippen LogP contribution in [0, 0.1) is 11.8 Å². The summed E-state index contributed by atoms with van der Waals surface area (Å²) in [7, 11) is 0. The molecule has 6 nitrogen and oxygen atoms in total. The van der Waals surface area contributed by atoms with Gasteiger partial charge in [0.25, 0.3) is 0 Å². The molecule has 2 aromatic carbocycles. The number of nitrogens with zero attached hydrogens (tertiary/aromatic N) is 4. The minimum absolute atomic E-state index is 0.0237. The Hall–Kier alpha value is -2.12. The molecule has 2 amide bonds. The highest BCUT2D eigenvalue weighted by molar-refractivity contribution is 6.31. The predicted octanol–water partition coefficient (Wildman–Crippen LogP) is 5.95. The van der Waals surface area contributed by atoms with Crippen molar-refractivity contribution >= 4 is 40.7 Å². The number of carbonyl (C=O) groups excluding carboxylic acids is 2. The van der Waals surface area contributed by atoms with E-state index in [1.165, 1.54) is 5.56 Å². The maximum Gasteiger partial charge on any atom is 0.228 e. The zero-order valence-corrected chi connectivity index (χ0v) is 25.2. The smallest absolute Gasteiger partial charge is 0.228 e. The Kier molecular flexibility index (Phi) is 10.3. The Labute approximate surface area is 243 Å². The van der Waals surface area contributed by atoms with Gasteiger partial charge < -0.3 is 9.80 Å². The molecule has 0 unspecified atom stereocenters. The van der Waals surface area contributed by atoms with Gasteiger partial charge >= 0.3 is 0 Å². The largest absolute Gasteiger partial charge is 0.337 e. The number of rotatable bonds is 6. The molecule has 39 heavy (non-hydrogen) atoms.